The van der Waals surface area contributed by atoms with E-state index >= 15 is 0 Å². The second kappa shape index (κ2) is 7.72. The molecule has 0 aliphatic rings. The van der Waals surface area contributed by atoms with Crippen LogP contribution in [-0.4, -0.2) is 20.9 Å². The molecule has 2 N–H and O–H groups in total. The van der Waals surface area contributed by atoms with Crippen LogP contribution in [-0.2, 0) is 0 Å². The molecule has 0 atom stereocenters. The number of hydrogen-bond acceptors (Lipinski definition) is 4. The van der Waals surface area contributed by atoms with Crippen molar-refractivity contribution in [3.63, 3.8) is 0 Å². The van der Waals surface area contributed by atoms with Crippen LogP contribution in [0.4, 0.5) is 5.69 Å². The second-order valence-corrected chi connectivity index (χ2v) is 6.93. The van der Waals surface area contributed by atoms with Crippen molar-refractivity contribution in [2.75, 3.05) is 5.43 Å². The third-order valence-electron chi connectivity index (χ3n) is 3.47. The van der Waals surface area contributed by atoms with Crippen molar-refractivity contribution < 1.29 is 4.79 Å². The topological polar surface area (TPSA) is 71.8 Å². The number of anilines is 1. The van der Waals surface area contributed by atoms with Crippen LogP contribution >= 0.6 is 46.4 Å². The lowest BCUT2D eigenvalue weighted by Gasteiger charge is -2.11. The lowest BCUT2D eigenvalue weighted by molar-refractivity contribution is 0.0957. The van der Waals surface area contributed by atoms with Crippen molar-refractivity contribution in [3.05, 3.63) is 67.9 Å². The van der Waals surface area contributed by atoms with Gasteiger partial charge in [-0.15, -0.1) is 5.10 Å². The van der Waals surface area contributed by atoms with Gasteiger partial charge in [0, 0.05) is 10.0 Å². The van der Waals surface area contributed by atoms with E-state index in [2.05, 4.69) is 21.2 Å². The molecule has 3 rings (SSSR count). The Morgan fingerprint density at radius 2 is 1.73 bits per heavy atom. The average molecular weight is 431 g/mol. The third kappa shape index (κ3) is 3.88. The molecular weight excluding hydrogens is 420 g/mol. The molecule has 3 aromatic rings. The minimum atomic E-state index is -0.502. The molecule has 26 heavy (non-hydrogen) atoms. The van der Waals surface area contributed by atoms with Gasteiger partial charge >= 0.3 is 0 Å². The van der Waals surface area contributed by atoms with E-state index in [1.165, 1.54) is 16.8 Å². The maximum Gasteiger partial charge on any atom is 0.292 e. The Balaban J connectivity index is 1.79. The fraction of sp³-hybridized carbons (Fsp3) is 0.0625. The van der Waals surface area contributed by atoms with Crippen molar-refractivity contribution in [2.24, 2.45) is 0 Å². The highest BCUT2D eigenvalue weighted by Crippen LogP contribution is 2.33. The van der Waals surface area contributed by atoms with E-state index in [1.807, 2.05) is 0 Å². The fourth-order valence-electron chi connectivity index (χ4n) is 2.23. The van der Waals surface area contributed by atoms with E-state index in [0.717, 1.165) is 0 Å². The van der Waals surface area contributed by atoms with Gasteiger partial charge in [-0.25, -0.2) is 4.68 Å². The summed E-state index contributed by atoms with van der Waals surface area (Å²) in [5, 5.41) is 9.39. The Morgan fingerprint density at radius 3 is 2.38 bits per heavy atom. The van der Waals surface area contributed by atoms with E-state index in [0.29, 0.717) is 27.1 Å². The predicted molar refractivity (Wildman–Crippen MR) is 104 cm³/mol. The Morgan fingerprint density at radius 1 is 1.04 bits per heavy atom. The standard InChI is InChI=1S/C16H11Cl4N5O/c1-8-14(22-24-25(8)11-4-2-3-9(17)5-11)16(26)23-21-15-12(19)6-10(18)7-13(15)20/h2-7,21H,1H3,(H,23,26). The summed E-state index contributed by atoms with van der Waals surface area (Å²) in [7, 11) is 0. The molecular formula is C16H11Cl4N5O. The van der Waals surface area contributed by atoms with Crippen molar-refractivity contribution in [1.82, 2.24) is 20.4 Å². The lowest BCUT2D eigenvalue weighted by atomic mass is 10.3. The molecule has 0 aliphatic carbocycles. The van der Waals surface area contributed by atoms with Crippen LogP contribution < -0.4 is 10.9 Å². The molecule has 0 radical (unpaired) electrons. The number of amides is 1. The zero-order chi connectivity index (χ0) is 18.8. The molecule has 1 amide bonds. The molecule has 1 aromatic heterocycles. The summed E-state index contributed by atoms with van der Waals surface area (Å²) in [6.07, 6.45) is 0. The number of benzene rings is 2. The third-order valence-corrected chi connectivity index (χ3v) is 4.52. The van der Waals surface area contributed by atoms with Gasteiger partial charge in [-0.2, -0.15) is 0 Å². The second-order valence-electron chi connectivity index (χ2n) is 5.24. The van der Waals surface area contributed by atoms with E-state index < -0.39 is 5.91 Å². The summed E-state index contributed by atoms with van der Waals surface area (Å²) in [4.78, 5) is 12.4. The maximum atomic E-state index is 12.4. The zero-order valence-corrected chi connectivity index (χ0v) is 16.2. The molecule has 0 bridgehead atoms. The van der Waals surface area contributed by atoms with E-state index in [-0.39, 0.29) is 15.7 Å². The van der Waals surface area contributed by atoms with Gasteiger partial charge < -0.3 is 0 Å². The summed E-state index contributed by atoms with van der Waals surface area (Å²) in [6, 6.07) is 10.1. The summed E-state index contributed by atoms with van der Waals surface area (Å²) >= 11 is 24.0. The summed E-state index contributed by atoms with van der Waals surface area (Å²) in [5.41, 5.74) is 6.86. The molecule has 0 aliphatic heterocycles. The Hall–Kier alpha value is -1.99. The van der Waals surface area contributed by atoms with Gasteiger partial charge in [0.1, 0.15) is 0 Å². The summed E-state index contributed by atoms with van der Waals surface area (Å²) in [5.74, 6) is -0.502. The highest BCUT2D eigenvalue weighted by Gasteiger charge is 2.18. The van der Waals surface area contributed by atoms with Crippen LogP contribution in [0.15, 0.2) is 36.4 Å². The van der Waals surface area contributed by atoms with Crippen molar-refractivity contribution >= 4 is 58.0 Å². The Labute approximate surface area is 169 Å². The highest BCUT2D eigenvalue weighted by molar-refractivity contribution is 6.41. The van der Waals surface area contributed by atoms with Crippen LogP contribution in [0.5, 0.6) is 0 Å². The van der Waals surface area contributed by atoms with Crippen LogP contribution in [0.2, 0.25) is 20.1 Å². The van der Waals surface area contributed by atoms with Crippen LogP contribution in [0.1, 0.15) is 16.2 Å². The van der Waals surface area contributed by atoms with Gasteiger partial charge in [0.2, 0.25) is 0 Å². The molecule has 0 saturated heterocycles. The number of hydrazine groups is 1. The molecule has 2 aromatic carbocycles. The zero-order valence-electron chi connectivity index (χ0n) is 13.2. The lowest BCUT2D eigenvalue weighted by Crippen LogP contribution is -2.30. The number of aromatic nitrogens is 3. The Kier molecular flexibility index (Phi) is 5.58. The van der Waals surface area contributed by atoms with Gasteiger partial charge in [0.15, 0.2) is 5.69 Å². The minimum absolute atomic E-state index is 0.138. The quantitative estimate of drug-likeness (QED) is 0.574. The van der Waals surface area contributed by atoms with Gasteiger partial charge in [0.05, 0.1) is 27.1 Å². The largest absolute Gasteiger partial charge is 0.295 e. The Bertz CT molecular complexity index is 966. The van der Waals surface area contributed by atoms with E-state index in [1.54, 1.807) is 31.2 Å². The molecule has 1 heterocycles. The monoisotopic (exact) mass is 429 g/mol. The number of nitrogens with zero attached hydrogens (tertiary/aromatic N) is 3. The van der Waals surface area contributed by atoms with Gasteiger partial charge in [-0.05, 0) is 37.3 Å². The first-order valence-electron chi connectivity index (χ1n) is 7.26. The first-order chi connectivity index (χ1) is 12.4. The normalized spacial score (nSPS) is 10.7. The molecule has 0 fully saturated rings. The number of carbonyl (C=O) groups excluding carboxylic acids is 1. The first-order valence-corrected chi connectivity index (χ1v) is 8.77. The van der Waals surface area contributed by atoms with Crippen molar-refractivity contribution in [2.45, 2.75) is 6.92 Å². The van der Waals surface area contributed by atoms with Gasteiger partial charge in [-0.3, -0.25) is 15.6 Å². The van der Waals surface area contributed by atoms with Gasteiger partial charge in [0.25, 0.3) is 5.91 Å². The van der Waals surface area contributed by atoms with Crippen molar-refractivity contribution in [3.8, 4) is 5.69 Å². The highest BCUT2D eigenvalue weighted by atomic mass is 35.5. The SMILES string of the molecule is Cc1c(C(=O)NNc2c(Cl)cc(Cl)cc2Cl)nnn1-c1cccc(Cl)c1. The van der Waals surface area contributed by atoms with Crippen LogP contribution in [0.25, 0.3) is 5.69 Å². The molecule has 10 heteroatoms. The molecule has 6 nitrogen and oxygen atoms in total. The number of hydrogen-bond donors (Lipinski definition) is 2. The average Bonchev–Trinajstić information content (AvgIpc) is 2.95. The fourth-order valence-corrected chi connectivity index (χ4v) is 3.33. The number of halogens is 4. The minimum Gasteiger partial charge on any atom is -0.295 e. The number of carbonyl (C=O) groups is 1. The number of rotatable bonds is 4. The van der Waals surface area contributed by atoms with Crippen molar-refractivity contribution in [1.29, 1.82) is 0 Å². The summed E-state index contributed by atoms with van der Waals surface area (Å²) in [6.45, 7) is 1.72. The van der Waals surface area contributed by atoms with Gasteiger partial charge in [-0.1, -0.05) is 57.7 Å². The smallest absolute Gasteiger partial charge is 0.292 e. The molecule has 0 unspecified atom stereocenters. The molecule has 134 valence electrons. The summed E-state index contributed by atoms with van der Waals surface area (Å²) < 4.78 is 1.52. The molecule has 0 spiro atoms. The van der Waals surface area contributed by atoms with E-state index in [4.69, 9.17) is 46.4 Å². The maximum absolute atomic E-state index is 12.4. The number of nitrogens with one attached hydrogen (secondary N) is 2. The first kappa shape index (κ1) is 18.8. The molecule has 0 saturated carbocycles. The van der Waals surface area contributed by atoms with Crippen LogP contribution in [0, 0.1) is 6.92 Å². The van der Waals surface area contributed by atoms with E-state index in [9.17, 15) is 4.79 Å². The van der Waals surface area contributed by atoms with Crippen LogP contribution in [0.3, 0.4) is 0 Å². The predicted octanol–water partition coefficient (Wildman–Crippen LogP) is 4.95.